The highest BCUT2D eigenvalue weighted by Crippen LogP contribution is 2.30. The van der Waals surface area contributed by atoms with Gasteiger partial charge in [-0.2, -0.15) is 9.78 Å². The van der Waals surface area contributed by atoms with Gasteiger partial charge in [-0.1, -0.05) is 24.3 Å². The predicted molar refractivity (Wildman–Crippen MR) is 140 cm³/mol. The van der Waals surface area contributed by atoms with Crippen molar-refractivity contribution >= 4 is 17.0 Å². The summed E-state index contributed by atoms with van der Waals surface area (Å²) in [6.07, 6.45) is 3.53. The summed E-state index contributed by atoms with van der Waals surface area (Å²) in [6, 6.07) is 11.1. The monoisotopic (exact) mass is 528 g/mol. The fraction of sp³-hybridized carbons (Fsp3) is 0.407. The van der Waals surface area contributed by atoms with E-state index in [-0.39, 0.29) is 22.8 Å². The quantitative estimate of drug-likeness (QED) is 0.455. The molecule has 1 saturated heterocycles. The number of anilines is 1. The first kappa shape index (κ1) is 25.7. The molecule has 0 radical (unpaired) electrons. The molecule has 1 aliphatic heterocycles. The second-order valence-electron chi connectivity index (χ2n) is 9.70. The van der Waals surface area contributed by atoms with E-state index in [1.807, 2.05) is 35.2 Å². The van der Waals surface area contributed by atoms with Crippen LogP contribution in [0.4, 0.5) is 14.5 Å². The molecule has 1 aliphatic carbocycles. The molecule has 2 aromatic carbocycles. The van der Waals surface area contributed by atoms with Crippen LogP contribution < -0.4 is 15.2 Å². The van der Waals surface area contributed by atoms with Gasteiger partial charge in [-0.25, -0.2) is 8.78 Å². The average Bonchev–Trinajstić information content (AvgIpc) is 2.89. The molecule has 3 aromatic rings. The standard InChI is InChI=1S/C27H30F2N4O3S/c1-18(2)37(35)32-11-9-31(10-12-32)25-17-30-33(23-15-21(28)14-22(29)16-23)27(34)26(25)36-24-8-7-19-5-3-4-6-20(19)13-24/h3-6,14-18,24H,7-13H2,1-2H3. The van der Waals surface area contributed by atoms with Gasteiger partial charge in [0.05, 0.1) is 25.0 Å². The summed E-state index contributed by atoms with van der Waals surface area (Å²) >= 11 is -1.08. The van der Waals surface area contributed by atoms with Crippen LogP contribution >= 0.6 is 0 Å². The summed E-state index contributed by atoms with van der Waals surface area (Å²) in [6.45, 7) is 6.08. The van der Waals surface area contributed by atoms with Crippen LogP contribution in [0, 0.1) is 11.6 Å². The molecule has 0 bridgehead atoms. The van der Waals surface area contributed by atoms with Gasteiger partial charge in [0.15, 0.2) is 0 Å². The molecule has 196 valence electrons. The highest BCUT2D eigenvalue weighted by Gasteiger charge is 2.31. The molecular weight excluding hydrogens is 498 g/mol. The Kier molecular flexibility index (Phi) is 7.50. The zero-order chi connectivity index (χ0) is 26.1. The second-order valence-corrected chi connectivity index (χ2v) is 11.7. The average molecular weight is 529 g/mol. The summed E-state index contributed by atoms with van der Waals surface area (Å²) in [4.78, 5) is 15.7. The lowest BCUT2D eigenvalue weighted by Crippen LogP contribution is -2.50. The number of rotatable bonds is 6. The number of hydrogen-bond donors (Lipinski definition) is 0. The highest BCUT2D eigenvalue weighted by atomic mass is 32.2. The van der Waals surface area contributed by atoms with Crippen molar-refractivity contribution in [2.24, 2.45) is 0 Å². The number of nitrogens with zero attached hydrogens (tertiary/aromatic N) is 4. The first-order chi connectivity index (χ1) is 17.8. The summed E-state index contributed by atoms with van der Waals surface area (Å²) in [5.74, 6) is -1.48. The molecule has 0 saturated carbocycles. The second kappa shape index (κ2) is 10.8. The van der Waals surface area contributed by atoms with Gasteiger partial charge in [-0.3, -0.25) is 4.79 Å². The van der Waals surface area contributed by atoms with Gasteiger partial charge >= 0.3 is 5.56 Å². The lowest BCUT2D eigenvalue weighted by atomic mass is 9.90. The summed E-state index contributed by atoms with van der Waals surface area (Å²) in [7, 11) is 0. The number of aryl methyl sites for hydroxylation is 1. The molecule has 0 N–H and O–H groups in total. The zero-order valence-electron chi connectivity index (χ0n) is 20.9. The third-order valence-electron chi connectivity index (χ3n) is 6.83. The minimum Gasteiger partial charge on any atom is -0.598 e. The highest BCUT2D eigenvalue weighted by molar-refractivity contribution is 7.89. The third-order valence-corrected chi connectivity index (χ3v) is 8.51. The maximum atomic E-state index is 13.9. The summed E-state index contributed by atoms with van der Waals surface area (Å²) < 4.78 is 49.7. The first-order valence-electron chi connectivity index (χ1n) is 12.5. The number of halogens is 2. The Morgan fingerprint density at radius 3 is 2.41 bits per heavy atom. The molecular formula is C27H30F2N4O3S. The van der Waals surface area contributed by atoms with Crippen LogP contribution in [-0.2, 0) is 24.2 Å². The van der Waals surface area contributed by atoms with Gasteiger partial charge in [0.1, 0.15) is 28.7 Å². The molecule has 2 heterocycles. The van der Waals surface area contributed by atoms with Crippen LogP contribution in [0.25, 0.3) is 5.69 Å². The normalized spacial score (nSPS) is 19.1. The molecule has 0 amide bonds. The van der Waals surface area contributed by atoms with Crippen molar-refractivity contribution in [2.75, 3.05) is 31.1 Å². The van der Waals surface area contributed by atoms with Crippen molar-refractivity contribution < 1.29 is 18.1 Å². The molecule has 0 spiro atoms. The Hall–Kier alpha value is -2.95. The minimum atomic E-state index is -1.08. The van der Waals surface area contributed by atoms with Crippen molar-refractivity contribution in [1.29, 1.82) is 0 Å². The van der Waals surface area contributed by atoms with E-state index in [2.05, 4.69) is 17.2 Å². The molecule has 10 heteroatoms. The Bertz CT molecular complexity index is 1310. The number of benzene rings is 2. The summed E-state index contributed by atoms with van der Waals surface area (Å²) in [5, 5.41) is 4.28. The third kappa shape index (κ3) is 5.51. The fourth-order valence-electron chi connectivity index (χ4n) is 4.95. The number of hydrogen-bond acceptors (Lipinski definition) is 6. The largest absolute Gasteiger partial charge is 0.598 e. The van der Waals surface area contributed by atoms with Crippen LogP contribution in [0.2, 0.25) is 0 Å². The van der Waals surface area contributed by atoms with Crippen molar-refractivity contribution in [3.05, 3.63) is 81.8 Å². The van der Waals surface area contributed by atoms with E-state index in [1.165, 1.54) is 17.3 Å². The van der Waals surface area contributed by atoms with Crippen LogP contribution in [0.5, 0.6) is 5.75 Å². The number of aromatic nitrogens is 2. The van der Waals surface area contributed by atoms with Crippen molar-refractivity contribution in [3.8, 4) is 11.4 Å². The molecule has 2 unspecified atom stereocenters. The van der Waals surface area contributed by atoms with E-state index in [4.69, 9.17) is 4.74 Å². The smallest absolute Gasteiger partial charge is 0.316 e. The topological polar surface area (TPSA) is 73.7 Å². The Balaban J connectivity index is 1.48. The first-order valence-corrected chi connectivity index (χ1v) is 13.7. The van der Waals surface area contributed by atoms with Crippen molar-refractivity contribution in [3.63, 3.8) is 0 Å². The molecule has 37 heavy (non-hydrogen) atoms. The predicted octanol–water partition coefficient (Wildman–Crippen LogP) is 3.64. The van der Waals surface area contributed by atoms with Gasteiger partial charge < -0.3 is 14.2 Å². The zero-order valence-corrected chi connectivity index (χ0v) is 21.7. The summed E-state index contributed by atoms with van der Waals surface area (Å²) in [5.41, 5.74) is 2.41. The lowest BCUT2D eigenvalue weighted by molar-refractivity contribution is 0.181. The molecule has 5 rings (SSSR count). The Morgan fingerprint density at radius 2 is 1.73 bits per heavy atom. The van der Waals surface area contributed by atoms with Gasteiger partial charge in [0.25, 0.3) is 0 Å². The maximum Gasteiger partial charge on any atom is 0.316 e. The van der Waals surface area contributed by atoms with E-state index in [0.717, 1.165) is 35.7 Å². The van der Waals surface area contributed by atoms with Crippen LogP contribution in [0.1, 0.15) is 31.4 Å². The van der Waals surface area contributed by atoms with Gasteiger partial charge in [0, 0.05) is 36.9 Å². The van der Waals surface area contributed by atoms with Gasteiger partial charge in [0.2, 0.25) is 5.75 Å². The SMILES string of the molecule is CC(C)[S+]([O-])N1CCN(c2cnn(-c3cc(F)cc(F)c3)c(=O)c2OC2CCc3ccccc3C2)CC1. The van der Waals surface area contributed by atoms with Crippen LogP contribution in [0.3, 0.4) is 0 Å². The van der Waals surface area contributed by atoms with Crippen LogP contribution in [-0.4, -0.2) is 56.2 Å². The Morgan fingerprint density at radius 1 is 1.05 bits per heavy atom. The molecule has 1 fully saturated rings. The van der Waals surface area contributed by atoms with E-state index in [1.54, 1.807) is 0 Å². The van der Waals surface area contributed by atoms with Gasteiger partial charge in [-0.05, 0) is 49.9 Å². The number of fused-ring (bicyclic) bond motifs is 1. The molecule has 2 atom stereocenters. The van der Waals surface area contributed by atoms with E-state index >= 15 is 0 Å². The number of piperazine rings is 1. The van der Waals surface area contributed by atoms with Crippen molar-refractivity contribution in [1.82, 2.24) is 14.1 Å². The minimum absolute atomic E-state index is 0.00922. The lowest BCUT2D eigenvalue weighted by Gasteiger charge is -2.37. The molecule has 2 aliphatic rings. The van der Waals surface area contributed by atoms with E-state index in [9.17, 15) is 18.1 Å². The Labute approximate surface area is 218 Å². The number of ether oxygens (including phenoxy) is 1. The molecule has 7 nitrogen and oxygen atoms in total. The van der Waals surface area contributed by atoms with Crippen molar-refractivity contribution in [2.45, 2.75) is 44.5 Å². The van der Waals surface area contributed by atoms with Gasteiger partial charge in [-0.15, -0.1) is 4.31 Å². The van der Waals surface area contributed by atoms with E-state index in [0.29, 0.717) is 38.3 Å². The fourth-order valence-corrected chi connectivity index (χ4v) is 6.07. The maximum absolute atomic E-state index is 13.9. The van der Waals surface area contributed by atoms with Crippen LogP contribution in [0.15, 0.2) is 53.5 Å². The van der Waals surface area contributed by atoms with E-state index < -0.39 is 28.6 Å². The molecule has 1 aromatic heterocycles.